The van der Waals surface area contributed by atoms with Gasteiger partial charge in [-0.2, -0.15) is 0 Å². The molecule has 0 unspecified atom stereocenters. The summed E-state index contributed by atoms with van der Waals surface area (Å²) in [4.78, 5) is 37.5. The molecule has 1 N–H and O–H groups in total. The lowest BCUT2D eigenvalue weighted by molar-refractivity contribution is -0.138. The zero-order valence-electron chi connectivity index (χ0n) is 17.0. The summed E-state index contributed by atoms with van der Waals surface area (Å²) >= 11 is 0.910. The molecule has 1 aliphatic heterocycles. The van der Waals surface area contributed by atoms with Gasteiger partial charge in [0.25, 0.3) is 11.1 Å². The molecule has 2 aromatic carbocycles. The first-order valence-electron chi connectivity index (χ1n) is 9.33. The van der Waals surface area contributed by atoms with Crippen LogP contribution in [0.3, 0.4) is 0 Å². The maximum Gasteiger partial charge on any atom is 0.290 e. The van der Waals surface area contributed by atoms with Crippen LogP contribution in [0.2, 0.25) is 0 Å². The van der Waals surface area contributed by atoms with Gasteiger partial charge in [0.05, 0.1) is 4.91 Å². The van der Waals surface area contributed by atoms with Crippen molar-refractivity contribution in [3.8, 4) is 11.1 Å². The van der Waals surface area contributed by atoms with Crippen molar-refractivity contribution in [3.63, 3.8) is 0 Å². The number of carbonyl (C=O) groups excluding carboxylic acids is 3. The van der Waals surface area contributed by atoms with Crippen molar-refractivity contribution >= 4 is 34.9 Å². The fourth-order valence-electron chi connectivity index (χ4n) is 3.11. The van der Waals surface area contributed by atoms with Gasteiger partial charge in [0.1, 0.15) is 0 Å². The van der Waals surface area contributed by atoms with Crippen LogP contribution in [0.5, 0.6) is 0 Å². The van der Waals surface area contributed by atoms with E-state index in [1.807, 2.05) is 70.3 Å². The van der Waals surface area contributed by atoms with E-state index in [2.05, 4.69) is 11.4 Å². The summed E-state index contributed by atoms with van der Waals surface area (Å²) in [7, 11) is 1.82. The molecular weight excluding hydrogens is 384 g/mol. The van der Waals surface area contributed by atoms with Crippen LogP contribution in [-0.2, 0) is 16.1 Å². The summed E-state index contributed by atoms with van der Waals surface area (Å²) in [5, 5.41) is 1.91. The molecule has 150 valence electrons. The highest BCUT2D eigenvalue weighted by molar-refractivity contribution is 8.18. The second-order valence-corrected chi connectivity index (χ2v) is 9.10. The van der Waals surface area contributed by atoms with Gasteiger partial charge in [0.2, 0.25) is 5.91 Å². The van der Waals surface area contributed by atoms with Crippen LogP contribution < -0.4 is 5.32 Å². The van der Waals surface area contributed by atoms with Crippen LogP contribution in [0.15, 0.2) is 53.4 Å². The minimum Gasteiger partial charge on any atom is -0.341 e. The van der Waals surface area contributed by atoms with Crippen molar-refractivity contribution in [2.75, 3.05) is 7.05 Å². The zero-order chi connectivity index (χ0) is 21.2. The number of hydrogen-bond donors (Lipinski definition) is 1. The van der Waals surface area contributed by atoms with Gasteiger partial charge in [-0.3, -0.25) is 19.7 Å². The average molecular weight is 409 g/mol. The lowest BCUT2D eigenvalue weighted by Crippen LogP contribution is -2.36. The Hall–Kier alpha value is -2.86. The van der Waals surface area contributed by atoms with E-state index in [9.17, 15) is 14.4 Å². The van der Waals surface area contributed by atoms with E-state index in [1.165, 1.54) is 0 Å². The van der Waals surface area contributed by atoms with Crippen molar-refractivity contribution in [1.82, 2.24) is 10.2 Å². The first-order chi connectivity index (χ1) is 13.6. The van der Waals surface area contributed by atoms with Crippen molar-refractivity contribution in [1.29, 1.82) is 0 Å². The Morgan fingerprint density at radius 1 is 1.07 bits per heavy atom. The minimum absolute atomic E-state index is 0.104. The molecule has 0 atom stereocenters. The van der Waals surface area contributed by atoms with Gasteiger partial charge in [-0.1, -0.05) is 63.2 Å². The number of imide groups is 1. The van der Waals surface area contributed by atoms with Gasteiger partial charge in [-0.25, -0.2) is 0 Å². The molecule has 0 bridgehead atoms. The molecule has 1 fully saturated rings. The summed E-state index contributed by atoms with van der Waals surface area (Å²) < 4.78 is 0. The second-order valence-electron chi connectivity index (χ2n) is 8.09. The van der Waals surface area contributed by atoms with E-state index < -0.39 is 5.41 Å². The molecule has 29 heavy (non-hydrogen) atoms. The van der Waals surface area contributed by atoms with Crippen molar-refractivity contribution < 1.29 is 14.4 Å². The van der Waals surface area contributed by atoms with Crippen molar-refractivity contribution in [2.24, 2.45) is 5.41 Å². The van der Waals surface area contributed by atoms with Gasteiger partial charge >= 0.3 is 0 Å². The smallest absolute Gasteiger partial charge is 0.290 e. The molecule has 1 heterocycles. The summed E-state index contributed by atoms with van der Waals surface area (Å²) in [6.07, 6.45) is 1.71. The molecule has 0 spiro atoms. The van der Waals surface area contributed by atoms with Crippen molar-refractivity contribution in [2.45, 2.75) is 27.3 Å². The molecule has 3 rings (SSSR count). The third-order valence-electron chi connectivity index (χ3n) is 4.52. The highest BCUT2D eigenvalue weighted by Gasteiger charge is 2.25. The molecule has 0 aromatic heterocycles. The normalized spacial score (nSPS) is 15.5. The number of carbonyl (C=O) groups is 3. The Morgan fingerprint density at radius 3 is 2.34 bits per heavy atom. The number of benzene rings is 2. The Morgan fingerprint density at radius 2 is 1.76 bits per heavy atom. The summed E-state index contributed by atoms with van der Waals surface area (Å²) in [6.45, 7) is 6.31. The van der Waals surface area contributed by atoms with Crippen LogP contribution in [0.4, 0.5) is 4.79 Å². The number of hydrogen-bond acceptors (Lipinski definition) is 4. The monoisotopic (exact) mass is 408 g/mol. The van der Waals surface area contributed by atoms with E-state index in [-0.39, 0.29) is 17.1 Å². The number of nitrogens with one attached hydrogen (secondary N) is 1. The van der Waals surface area contributed by atoms with E-state index in [0.717, 1.165) is 34.0 Å². The number of thioether (sulfide) groups is 1. The van der Waals surface area contributed by atoms with Gasteiger partial charge < -0.3 is 4.90 Å². The maximum absolute atomic E-state index is 12.4. The quantitative estimate of drug-likeness (QED) is 0.746. The van der Waals surface area contributed by atoms with Gasteiger partial charge in [-0.15, -0.1) is 0 Å². The fraction of sp³-hybridized carbons (Fsp3) is 0.261. The third kappa shape index (κ3) is 5.15. The maximum atomic E-state index is 12.4. The number of nitrogens with zero attached hydrogens (tertiary/aromatic N) is 1. The topological polar surface area (TPSA) is 66.5 Å². The largest absolute Gasteiger partial charge is 0.341 e. The third-order valence-corrected chi connectivity index (χ3v) is 5.33. The van der Waals surface area contributed by atoms with Gasteiger partial charge in [0, 0.05) is 19.0 Å². The van der Waals surface area contributed by atoms with Crippen LogP contribution in [-0.4, -0.2) is 29.0 Å². The molecule has 2 aromatic rings. The minimum atomic E-state index is -0.407. The molecule has 6 heteroatoms. The van der Waals surface area contributed by atoms with E-state index in [0.29, 0.717) is 11.4 Å². The predicted molar refractivity (Wildman–Crippen MR) is 117 cm³/mol. The first-order valence-corrected chi connectivity index (χ1v) is 10.1. The summed E-state index contributed by atoms with van der Waals surface area (Å²) in [5.41, 5.74) is 3.61. The van der Waals surface area contributed by atoms with Crippen LogP contribution in [0.1, 0.15) is 31.9 Å². The SMILES string of the molecule is CN(Cc1cccc(-c2ccc(C=C3SC(=O)NC3=O)cc2)c1)C(=O)C(C)(C)C. The second kappa shape index (κ2) is 8.25. The zero-order valence-corrected chi connectivity index (χ0v) is 17.8. The standard InChI is InChI=1S/C23H24N2O3S/c1-23(2,3)21(27)25(4)14-16-6-5-7-18(12-16)17-10-8-15(9-11-17)13-19-20(26)24-22(28)29-19/h5-13H,14H2,1-4H3,(H,24,26,28). The Bertz CT molecular complexity index is 988. The molecule has 1 saturated heterocycles. The Kier molecular flexibility index (Phi) is 5.94. The molecule has 0 radical (unpaired) electrons. The number of rotatable bonds is 4. The molecule has 0 aliphatic carbocycles. The molecule has 0 saturated carbocycles. The highest BCUT2D eigenvalue weighted by atomic mass is 32.2. The molecule has 1 aliphatic rings. The van der Waals surface area contributed by atoms with Crippen molar-refractivity contribution in [3.05, 3.63) is 64.6 Å². The fourth-order valence-corrected chi connectivity index (χ4v) is 3.79. The van der Waals surface area contributed by atoms with Crippen LogP contribution in [0.25, 0.3) is 17.2 Å². The van der Waals surface area contributed by atoms with Gasteiger partial charge in [0.15, 0.2) is 0 Å². The molecule has 5 nitrogen and oxygen atoms in total. The van der Waals surface area contributed by atoms with E-state index in [4.69, 9.17) is 0 Å². The first kappa shape index (κ1) is 20.9. The molecule has 3 amide bonds. The average Bonchev–Trinajstić information content (AvgIpc) is 2.98. The lowest BCUT2D eigenvalue weighted by atomic mass is 9.94. The van der Waals surface area contributed by atoms with Crippen LogP contribution >= 0.6 is 11.8 Å². The van der Waals surface area contributed by atoms with E-state index in [1.54, 1.807) is 11.0 Å². The molecular formula is C23H24N2O3S. The summed E-state index contributed by atoms with van der Waals surface area (Å²) in [6, 6.07) is 15.9. The van der Waals surface area contributed by atoms with E-state index >= 15 is 0 Å². The summed E-state index contributed by atoms with van der Waals surface area (Å²) in [5.74, 6) is -0.252. The predicted octanol–water partition coefficient (Wildman–Crippen LogP) is 4.68. The Labute approximate surface area is 175 Å². The van der Waals surface area contributed by atoms with Gasteiger partial charge in [-0.05, 0) is 46.2 Å². The number of amides is 3. The Balaban J connectivity index is 1.75. The lowest BCUT2D eigenvalue weighted by Gasteiger charge is -2.26. The highest BCUT2D eigenvalue weighted by Crippen LogP contribution is 2.27. The van der Waals surface area contributed by atoms with Crippen LogP contribution in [0, 0.1) is 5.41 Å².